The Kier molecular flexibility index (Phi) is 3.29. The van der Waals surface area contributed by atoms with Gasteiger partial charge in [-0.15, -0.1) is 11.8 Å². The molecule has 0 aliphatic heterocycles. The smallest absolute Gasteiger partial charge is 0.313 e. The SMILES string of the molecule is N#Cc1cc(SCC(=O)O)ccn1. The van der Waals surface area contributed by atoms with Gasteiger partial charge in [0.05, 0.1) is 5.75 Å². The largest absolute Gasteiger partial charge is 0.481 e. The number of carboxylic acids is 1. The van der Waals surface area contributed by atoms with Gasteiger partial charge in [0.25, 0.3) is 0 Å². The molecule has 0 saturated carbocycles. The van der Waals surface area contributed by atoms with Crippen LogP contribution in [0.3, 0.4) is 0 Å². The van der Waals surface area contributed by atoms with Crippen molar-refractivity contribution in [3.63, 3.8) is 0 Å². The molecule has 0 radical (unpaired) electrons. The number of thioether (sulfide) groups is 1. The molecule has 0 aliphatic rings. The first-order valence-corrected chi connectivity index (χ1v) is 4.41. The Bertz CT molecular complexity index is 359. The average Bonchev–Trinajstić information content (AvgIpc) is 2.15. The summed E-state index contributed by atoms with van der Waals surface area (Å²) >= 11 is 1.17. The minimum atomic E-state index is -0.875. The van der Waals surface area contributed by atoms with E-state index in [2.05, 4.69) is 4.98 Å². The Morgan fingerprint density at radius 2 is 2.54 bits per heavy atom. The Hall–Kier alpha value is -1.54. The first-order valence-electron chi connectivity index (χ1n) is 3.43. The van der Waals surface area contributed by atoms with Crippen LogP contribution >= 0.6 is 11.8 Å². The van der Waals surface area contributed by atoms with Crippen LogP contribution < -0.4 is 0 Å². The van der Waals surface area contributed by atoms with Gasteiger partial charge in [0, 0.05) is 11.1 Å². The minimum Gasteiger partial charge on any atom is -0.481 e. The second kappa shape index (κ2) is 4.48. The van der Waals surface area contributed by atoms with Crippen LogP contribution in [-0.4, -0.2) is 21.8 Å². The van der Waals surface area contributed by atoms with Crippen LogP contribution in [0.1, 0.15) is 5.69 Å². The fraction of sp³-hybridized carbons (Fsp3) is 0.125. The molecule has 1 aromatic heterocycles. The van der Waals surface area contributed by atoms with Gasteiger partial charge in [0.2, 0.25) is 0 Å². The van der Waals surface area contributed by atoms with E-state index in [-0.39, 0.29) is 5.75 Å². The number of hydrogen-bond acceptors (Lipinski definition) is 4. The van der Waals surface area contributed by atoms with Gasteiger partial charge in [-0.05, 0) is 12.1 Å². The lowest BCUT2D eigenvalue weighted by Gasteiger charge is -1.96. The van der Waals surface area contributed by atoms with E-state index in [0.29, 0.717) is 5.69 Å². The summed E-state index contributed by atoms with van der Waals surface area (Å²) in [6.07, 6.45) is 1.49. The number of carbonyl (C=O) groups is 1. The molecule has 1 heterocycles. The van der Waals surface area contributed by atoms with Gasteiger partial charge >= 0.3 is 5.97 Å². The van der Waals surface area contributed by atoms with Crippen molar-refractivity contribution in [2.24, 2.45) is 0 Å². The third-order valence-electron chi connectivity index (χ3n) is 1.21. The van der Waals surface area contributed by atoms with Gasteiger partial charge < -0.3 is 5.11 Å². The van der Waals surface area contributed by atoms with E-state index in [4.69, 9.17) is 10.4 Å². The molecule has 13 heavy (non-hydrogen) atoms. The summed E-state index contributed by atoms with van der Waals surface area (Å²) in [5, 5.41) is 16.9. The zero-order chi connectivity index (χ0) is 9.68. The lowest BCUT2D eigenvalue weighted by atomic mass is 10.4. The summed E-state index contributed by atoms with van der Waals surface area (Å²) in [5.74, 6) is -0.880. The van der Waals surface area contributed by atoms with Crippen LogP contribution in [0.4, 0.5) is 0 Å². The number of aromatic nitrogens is 1. The molecule has 0 spiro atoms. The number of pyridine rings is 1. The first-order chi connectivity index (χ1) is 6.22. The number of carboxylic acid groups (broad SMARTS) is 1. The van der Waals surface area contributed by atoms with Crippen molar-refractivity contribution in [1.82, 2.24) is 4.98 Å². The normalized spacial score (nSPS) is 9.15. The highest BCUT2D eigenvalue weighted by molar-refractivity contribution is 8.00. The number of nitrogens with zero attached hydrogens (tertiary/aromatic N) is 2. The highest BCUT2D eigenvalue weighted by Crippen LogP contribution is 2.16. The number of hydrogen-bond donors (Lipinski definition) is 1. The predicted molar refractivity (Wildman–Crippen MR) is 47.3 cm³/mol. The molecule has 0 atom stereocenters. The maximum absolute atomic E-state index is 10.2. The molecular weight excluding hydrogens is 188 g/mol. The second-order valence-corrected chi connectivity index (χ2v) is 3.22. The standard InChI is InChI=1S/C8H6N2O2S/c9-4-6-3-7(1-2-10-6)13-5-8(11)12/h1-3H,5H2,(H,11,12). The maximum atomic E-state index is 10.2. The number of nitriles is 1. The summed E-state index contributed by atoms with van der Waals surface area (Å²) in [7, 11) is 0. The van der Waals surface area contributed by atoms with Crippen LogP contribution in [0.2, 0.25) is 0 Å². The zero-order valence-electron chi connectivity index (χ0n) is 6.60. The lowest BCUT2D eigenvalue weighted by molar-refractivity contribution is -0.133. The van der Waals surface area contributed by atoms with Crippen LogP contribution in [0.25, 0.3) is 0 Å². The highest BCUT2D eigenvalue weighted by Gasteiger charge is 2.00. The van der Waals surface area contributed by atoms with Gasteiger partial charge in [0.15, 0.2) is 0 Å². The van der Waals surface area contributed by atoms with Crippen molar-refractivity contribution in [2.45, 2.75) is 4.90 Å². The average molecular weight is 194 g/mol. The molecule has 0 aliphatic carbocycles. The fourth-order valence-corrected chi connectivity index (χ4v) is 1.35. The highest BCUT2D eigenvalue weighted by atomic mass is 32.2. The van der Waals surface area contributed by atoms with Crippen LogP contribution in [-0.2, 0) is 4.79 Å². The topological polar surface area (TPSA) is 74.0 Å². The number of rotatable bonds is 3. The Morgan fingerprint density at radius 3 is 3.15 bits per heavy atom. The summed E-state index contributed by atoms with van der Waals surface area (Å²) in [4.78, 5) is 14.7. The van der Waals surface area contributed by atoms with Crippen molar-refractivity contribution in [3.05, 3.63) is 24.0 Å². The molecule has 0 aromatic carbocycles. The molecule has 1 N–H and O–H groups in total. The van der Waals surface area contributed by atoms with E-state index in [0.717, 1.165) is 4.90 Å². The van der Waals surface area contributed by atoms with Crippen molar-refractivity contribution >= 4 is 17.7 Å². The van der Waals surface area contributed by atoms with E-state index in [1.807, 2.05) is 6.07 Å². The van der Waals surface area contributed by atoms with E-state index in [9.17, 15) is 4.79 Å². The van der Waals surface area contributed by atoms with E-state index < -0.39 is 5.97 Å². The third-order valence-corrected chi connectivity index (χ3v) is 2.19. The van der Waals surface area contributed by atoms with Gasteiger partial charge in [-0.1, -0.05) is 0 Å². The molecule has 0 amide bonds. The molecule has 5 heteroatoms. The fourth-order valence-electron chi connectivity index (χ4n) is 0.707. The lowest BCUT2D eigenvalue weighted by Crippen LogP contribution is -1.97. The molecule has 1 rings (SSSR count). The van der Waals surface area contributed by atoms with Crippen LogP contribution in [0.15, 0.2) is 23.2 Å². The first kappa shape index (κ1) is 9.55. The molecule has 0 bridgehead atoms. The maximum Gasteiger partial charge on any atom is 0.313 e. The van der Waals surface area contributed by atoms with Crippen molar-refractivity contribution in [2.75, 3.05) is 5.75 Å². The van der Waals surface area contributed by atoms with E-state index >= 15 is 0 Å². The minimum absolute atomic E-state index is 0.00508. The summed E-state index contributed by atoms with van der Waals surface area (Å²) < 4.78 is 0. The Morgan fingerprint density at radius 1 is 1.77 bits per heavy atom. The van der Waals surface area contributed by atoms with E-state index in [1.54, 1.807) is 12.1 Å². The second-order valence-electron chi connectivity index (χ2n) is 2.17. The summed E-state index contributed by atoms with van der Waals surface area (Å²) in [6, 6.07) is 5.12. The molecule has 4 nitrogen and oxygen atoms in total. The molecule has 0 unspecified atom stereocenters. The van der Waals surface area contributed by atoms with Gasteiger partial charge in [0.1, 0.15) is 11.8 Å². The summed E-state index contributed by atoms with van der Waals surface area (Å²) in [6.45, 7) is 0. The van der Waals surface area contributed by atoms with Crippen LogP contribution in [0.5, 0.6) is 0 Å². The molecule has 0 fully saturated rings. The Labute approximate surface area is 79.2 Å². The van der Waals surface area contributed by atoms with E-state index in [1.165, 1.54) is 18.0 Å². The number of aliphatic carboxylic acids is 1. The quantitative estimate of drug-likeness (QED) is 0.730. The van der Waals surface area contributed by atoms with Crippen molar-refractivity contribution < 1.29 is 9.90 Å². The van der Waals surface area contributed by atoms with Crippen LogP contribution in [0, 0.1) is 11.3 Å². The van der Waals surface area contributed by atoms with Gasteiger partial charge in [-0.2, -0.15) is 5.26 Å². The Balaban J connectivity index is 2.68. The monoisotopic (exact) mass is 194 g/mol. The van der Waals surface area contributed by atoms with Crippen molar-refractivity contribution in [3.8, 4) is 6.07 Å². The van der Waals surface area contributed by atoms with Gasteiger partial charge in [-0.3, -0.25) is 4.79 Å². The molecule has 66 valence electrons. The van der Waals surface area contributed by atoms with Crippen molar-refractivity contribution in [1.29, 1.82) is 5.26 Å². The molecule has 0 saturated heterocycles. The molecule has 1 aromatic rings. The van der Waals surface area contributed by atoms with Gasteiger partial charge in [-0.25, -0.2) is 4.98 Å². The zero-order valence-corrected chi connectivity index (χ0v) is 7.41. The third kappa shape index (κ3) is 3.13. The summed E-state index contributed by atoms with van der Waals surface area (Å²) in [5.41, 5.74) is 0.301. The predicted octanol–water partition coefficient (Wildman–Crippen LogP) is 1.13. The molecular formula is C8H6N2O2S.